The minimum Gasteiger partial charge on any atom is -0.363 e. The Morgan fingerprint density at radius 2 is 1.76 bits per heavy atom. The summed E-state index contributed by atoms with van der Waals surface area (Å²) in [6.07, 6.45) is 0. The molecule has 0 radical (unpaired) electrons. The number of likely N-dealkylation sites (N-methyl/N-ethyl adjacent to an activating group) is 1. The van der Waals surface area contributed by atoms with Gasteiger partial charge in [-0.1, -0.05) is 12.1 Å². The second-order valence-corrected chi connectivity index (χ2v) is 7.39. The third-order valence-electron chi connectivity index (χ3n) is 5.52. The van der Waals surface area contributed by atoms with E-state index < -0.39 is 4.92 Å². The van der Waals surface area contributed by atoms with Crippen molar-refractivity contribution in [1.29, 1.82) is 0 Å². The monoisotopic (exact) mass is 400 g/mol. The van der Waals surface area contributed by atoms with Crippen LogP contribution in [0.15, 0.2) is 42.5 Å². The zero-order valence-electron chi connectivity index (χ0n) is 16.8. The Morgan fingerprint density at radius 1 is 1.14 bits per heavy atom. The van der Waals surface area contributed by atoms with Crippen molar-refractivity contribution in [1.82, 2.24) is 9.80 Å². The highest BCUT2D eigenvalue weighted by Gasteiger charge is 2.26. The Labute approximate surface area is 169 Å². The van der Waals surface area contributed by atoms with Crippen molar-refractivity contribution in [2.75, 3.05) is 45.2 Å². The molecule has 1 unspecified atom stereocenters. The first-order valence-electron chi connectivity index (χ1n) is 9.52. The third-order valence-corrected chi connectivity index (χ3v) is 5.52. The number of carbonyl (C=O) groups excluding carboxylic acids is 1. The fourth-order valence-electron chi connectivity index (χ4n) is 3.46. The van der Waals surface area contributed by atoms with E-state index in [9.17, 15) is 19.3 Å². The van der Waals surface area contributed by atoms with E-state index in [0.29, 0.717) is 18.8 Å². The predicted octanol–water partition coefficient (Wildman–Crippen LogP) is 3.32. The Kier molecular flexibility index (Phi) is 6.12. The molecule has 2 aromatic rings. The van der Waals surface area contributed by atoms with Crippen molar-refractivity contribution in [3.05, 3.63) is 69.5 Å². The normalized spacial score (nSPS) is 15.8. The fourth-order valence-corrected chi connectivity index (χ4v) is 3.46. The molecular formula is C21H25FN4O3. The van der Waals surface area contributed by atoms with E-state index >= 15 is 0 Å². The first-order chi connectivity index (χ1) is 13.8. The summed E-state index contributed by atoms with van der Waals surface area (Å²) in [6, 6.07) is 10.3. The number of anilines is 1. The number of benzene rings is 2. The smallest absolute Gasteiger partial charge is 0.293 e. The molecule has 1 amide bonds. The van der Waals surface area contributed by atoms with Gasteiger partial charge >= 0.3 is 0 Å². The van der Waals surface area contributed by atoms with Crippen LogP contribution in [-0.2, 0) is 0 Å². The van der Waals surface area contributed by atoms with Gasteiger partial charge in [0.05, 0.1) is 11.0 Å². The molecule has 1 aliphatic rings. The predicted molar refractivity (Wildman–Crippen MR) is 110 cm³/mol. The van der Waals surface area contributed by atoms with E-state index in [1.807, 2.05) is 18.9 Å². The van der Waals surface area contributed by atoms with Crippen LogP contribution >= 0.6 is 0 Å². The van der Waals surface area contributed by atoms with Gasteiger partial charge in [0, 0.05) is 44.9 Å². The van der Waals surface area contributed by atoms with Crippen LogP contribution in [0.4, 0.5) is 15.8 Å². The number of nitro groups is 1. The number of carbonyl (C=O) groups is 1. The number of nitrogens with zero attached hydrogens (tertiary/aromatic N) is 4. The molecule has 1 atom stereocenters. The number of rotatable bonds is 5. The van der Waals surface area contributed by atoms with Crippen LogP contribution in [0.5, 0.6) is 0 Å². The molecule has 29 heavy (non-hydrogen) atoms. The number of piperazine rings is 1. The summed E-state index contributed by atoms with van der Waals surface area (Å²) in [6.45, 7) is 4.89. The summed E-state index contributed by atoms with van der Waals surface area (Å²) >= 11 is 0. The summed E-state index contributed by atoms with van der Waals surface area (Å²) in [7, 11) is 3.65. The van der Waals surface area contributed by atoms with E-state index in [-0.39, 0.29) is 29.0 Å². The Morgan fingerprint density at radius 3 is 2.34 bits per heavy atom. The van der Waals surface area contributed by atoms with Crippen molar-refractivity contribution in [3.63, 3.8) is 0 Å². The molecule has 1 fully saturated rings. The molecule has 7 nitrogen and oxygen atoms in total. The highest BCUT2D eigenvalue weighted by molar-refractivity contribution is 5.96. The molecule has 8 heteroatoms. The number of hydrogen-bond donors (Lipinski definition) is 0. The Hall–Kier alpha value is -3.00. The van der Waals surface area contributed by atoms with Crippen molar-refractivity contribution in [2.45, 2.75) is 13.0 Å². The maximum absolute atomic E-state index is 13.2. The van der Waals surface area contributed by atoms with Crippen molar-refractivity contribution >= 4 is 17.3 Å². The molecular weight excluding hydrogens is 375 g/mol. The lowest BCUT2D eigenvalue weighted by Crippen LogP contribution is -2.44. The van der Waals surface area contributed by atoms with E-state index in [4.69, 9.17) is 0 Å². The van der Waals surface area contributed by atoms with Gasteiger partial charge in [-0.25, -0.2) is 4.39 Å². The summed E-state index contributed by atoms with van der Waals surface area (Å²) in [4.78, 5) is 29.8. The quantitative estimate of drug-likeness (QED) is 0.569. The lowest BCUT2D eigenvalue weighted by Gasteiger charge is -2.33. The second-order valence-electron chi connectivity index (χ2n) is 7.39. The second kappa shape index (κ2) is 8.57. The maximum atomic E-state index is 13.2. The molecule has 2 aromatic carbocycles. The first-order valence-corrected chi connectivity index (χ1v) is 9.52. The summed E-state index contributed by atoms with van der Waals surface area (Å²) in [5, 5.41) is 11.7. The van der Waals surface area contributed by atoms with Crippen LogP contribution < -0.4 is 4.90 Å². The first kappa shape index (κ1) is 20.7. The van der Waals surface area contributed by atoms with E-state index in [1.54, 1.807) is 31.3 Å². The lowest BCUT2D eigenvalue weighted by atomic mass is 10.1. The molecule has 0 spiro atoms. The Balaban J connectivity index is 1.84. The molecule has 0 saturated carbocycles. The summed E-state index contributed by atoms with van der Waals surface area (Å²) in [5.74, 6) is -0.667. The minimum atomic E-state index is -0.437. The molecule has 1 heterocycles. The van der Waals surface area contributed by atoms with Gasteiger partial charge < -0.3 is 14.7 Å². The fraction of sp³-hybridized carbons (Fsp3) is 0.381. The van der Waals surface area contributed by atoms with Gasteiger partial charge in [0.1, 0.15) is 11.5 Å². The molecule has 0 aliphatic carbocycles. The average molecular weight is 400 g/mol. The highest BCUT2D eigenvalue weighted by atomic mass is 19.1. The molecule has 0 aromatic heterocycles. The van der Waals surface area contributed by atoms with Crippen LogP contribution in [0.3, 0.4) is 0 Å². The third kappa shape index (κ3) is 4.54. The number of amides is 1. The highest BCUT2D eigenvalue weighted by Crippen LogP contribution is 2.31. The minimum absolute atomic E-state index is 0.0664. The van der Waals surface area contributed by atoms with Gasteiger partial charge in [0.15, 0.2) is 0 Å². The van der Waals surface area contributed by atoms with Crippen LogP contribution in [0.2, 0.25) is 0 Å². The molecule has 1 saturated heterocycles. The SMILES string of the molecule is CC(c1ccc(F)cc1)N(C)C(=O)c1ccc(N2CCN(C)CC2)c([N+](=O)[O-])c1. The van der Waals surface area contributed by atoms with Crippen LogP contribution in [-0.4, -0.2) is 60.9 Å². The number of nitro benzene ring substituents is 1. The standard InChI is InChI=1S/C21H25FN4O3/c1-15(16-4-7-18(22)8-5-16)24(3)21(27)17-6-9-19(20(14-17)26(28)29)25-12-10-23(2)11-13-25/h4-9,14-15H,10-13H2,1-3H3. The summed E-state index contributed by atoms with van der Waals surface area (Å²) < 4.78 is 13.2. The average Bonchev–Trinajstić information content (AvgIpc) is 2.73. The van der Waals surface area contributed by atoms with E-state index in [1.165, 1.54) is 23.1 Å². The molecule has 154 valence electrons. The van der Waals surface area contributed by atoms with Crippen molar-refractivity contribution in [2.24, 2.45) is 0 Å². The van der Waals surface area contributed by atoms with Crippen LogP contribution in [0.1, 0.15) is 28.9 Å². The topological polar surface area (TPSA) is 69.9 Å². The summed E-state index contributed by atoms with van der Waals surface area (Å²) in [5.41, 5.74) is 1.51. The van der Waals surface area contributed by atoms with Gasteiger partial charge in [-0.2, -0.15) is 0 Å². The number of halogens is 1. The number of hydrogen-bond acceptors (Lipinski definition) is 5. The molecule has 0 bridgehead atoms. The largest absolute Gasteiger partial charge is 0.363 e. The zero-order chi connectivity index (χ0) is 21.1. The van der Waals surface area contributed by atoms with Crippen LogP contribution in [0.25, 0.3) is 0 Å². The van der Waals surface area contributed by atoms with Gasteiger partial charge in [0.25, 0.3) is 11.6 Å². The van der Waals surface area contributed by atoms with E-state index in [0.717, 1.165) is 18.7 Å². The van der Waals surface area contributed by atoms with Gasteiger partial charge in [0.2, 0.25) is 0 Å². The van der Waals surface area contributed by atoms with Gasteiger partial charge in [-0.3, -0.25) is 14.9 Å². The maximum Gasteiger partial charge on any atom is 0.293 e. The zero-order valence-corrected chi connectivity index (χ0v) is 16.8. The van der Waals surface area contributed by atoms with Gasteiger partial charge in [-0.15, -0.1) is 0 Å². The van der Waals surface area contributed by atoms with E-state index in [2.05, 4.69) is 4.90 Å². The van der Waals surface area contributed by atoms with Crippen molar-refractivity contribution < 1.29 is 14.1 Å². The lowest BCUT2D eigenvalue weighted by molar-refractivity contribution is -0.384. The molecule has 3 rings (SSSR count). The Bertz CT molecular complexity index is 895. The van der Waals surface area contributed by atoms with Gasteiger partial charge in [-0.05, 0) is 43.8 Å². The molecule has 0 N–H and O–H groups in total. The molecule has 1 aliphatic heterocycles. The van der Waals surface area contributed by atoms with Crippen LogP contribution in [0, 0.1) is 15.9 Å². The van der Waals surface area contributed by atoms with Crippen molar-refractivity contribution in [3.8, 4) is 0 Å².